The highest BCUT2D eigenvalue weighted by Crippen LogP contribution is 2.70. The first-order chi connectivity index (χ1) is 60.3. The van der Waals surface area contributed by atoms with Crippen LogP contribution in [0.4, 0.5) is 0 Å². The van der Waals surface area contributed by atoms with Gasteiger partial charge in [-0.25, -0.2) is 54.8 Å². The van der Waals surface area contributed by atoms with Crippen molar-refractivity contribution < 1.29 is 14.2 Å². The highest BCUT2D eigenvalue weighted by atomic mass is 35.5. The molecule has 0 radical (unpaired) electrons. The average Bonchev–Trinajstić information content (AvgIpc) is 1.56. The molecule has 10 atom stereocenters. The molecule has 0 saturated heterocycles. The lowest BCUT2D eigenvalue weighted by Crippen LogP contribution is -2.41. The molecule has 20 rings (SSSR count). The fourth-order valence-electron chi connectivity index (χ4n) is 19.3. The van der Waals surface area contributed by atoms with Crippen LogP contribution in [-0.4, -0.2) is 101 Å². The summed E-state index contributed by atoms with van der Waals surface area (Å²) in [7, 11) is 4.84. The quantitative estimate of drug-likeness (QED) is 0.0540. The number of methoxy groups -OCH3 is 3. The van der Waals surface area contributed by atoms with Gasteiger partial charge in [-0.1, -0.05) is 206 Å². The number of halogens is 3. The summed E-state index contributed by atoms with van der Waals surface area (Å²) in [5.41, 5.74) is 17.3. The number of rotatable bonds is 19. The number of hydrogen-bond donors (Lipinski definition) is 0. The van der Waals surface area contributed by atoms with E-state index in [-0.39, 0.29) is 105 Å². The van der Waals surface area contributed by atoms with E-state index < -0.39 is 0 Å². The van der Waals surface area contributed by atoms with E-state index in [9.17, 15) is 0 Å². The second kappa shape index (κ2) is 38.0. The second-order valence-electron chi connectivity index (χ2n) is 31.1. The molecule has 4 aliphatic rings. The highest BCUT2D eigenvalue weighted by Gasteiger charge is 2.59. The Bertz CT molecular complexity index is 5470. The topological polar surface area (TPSA) is 234 Å². The van der Waals surface area contributed by atoms with Gasteiger partial charge in [0.25, 0.3) is 0 Å². The number of thiophene rings is 2. The summed E-state index contributed by atoms with van der Waals surface area (Å²) >= 11 is 22.2. The zero-order valence-corrected chi connectivity index (χ0v) is 72.3. The maximum Gasteiger partial charge on any atom is 0.316 e. The summed E-state index contributed by atoms with van der Waals surface area (Å²) in [6, 6.07) is 85.3. The van der Waals surface area contributed by atoms with Gasteiger partial charge in [0.1, 0.15) is 16.8 Å². The molecule has 10 aromatic heterocycles. The Morgan fingerprint density at radius 3 is 0.927 bits per heavy atom. The molecule has 19 nitrogen and oxygen atoms in total. The Hall–Kier alpha value is -12.4. The minimum Gasteiger partial charge on any atom is -0.480 e. The third-order valence-corrected chi connectivity index (χ3v) is 26.7. The summed E-state index contributed by atoms with van der Waals surface area (Å²) < 4.78 is 16.1. The van der Waals surface area contributed by atoms with Crippen LogP contribution in [0.25, 0.3) is 0 Å². The Morgan fingerprint density at radius 1 is 0.260 bits per heavy atom. The van der Waals surface area contributed by atoms with Gasteiger partial charge >= 0.3 is 12.0 Å². The van der Waals surface area contributed by atoms with Crippen LogP contribution >= 0.6 is 57.5 Å². The lowest BCUT2D eigenvalue weighted by Gasteiger charge is -2.52. The molecule has 0 bridgehead atoms. The minimum absolute atomic E-state index is 0.0408. The third-order valence-electron chi connectivity index (χ3n) is 24.2. The minimum atomic E-state index is 0.0408. The predicted octanol–water partition coefficient (Wildman–Crippen LogP) is 22.2. The van der Waals surface area contributed by atoms with E-state index in [1.54, 1.807) is 62.6 Å². The van der Waals surface area contributed by atoms with E-state index in [0.717, 1.165) is 68.6 Å². The van der Waals surface area contributed by atoms with Crippen molar-refractivity contribution in [2.45, 2.75) is 122 Å². The maximum atomic E-state index is 6.25. The van der Waals surface area contributed by atoms with Crippen molar-refractivity contribution >= 4 is 57.5 Å². The SMILES string of the molecule is COc1cncc(C2[C@H](c3ccccc3)C(c3cncc(C)n3)[C@H]2c2ccccc2)n1.COc1nccc(C2[C@H](c3ccccc3)C(c3ccnc(C)n3)[C@H]2c2ccccc2)n1.COc1nccc(C2[C@H](c3ccccc3)C(c3ccnc(C)n3)[C@H]2c2ccccc2)n1.Cc1cc([C@@H]2[C@H](c3cc(Cl)nc(Cl)n3)[C@@H](c3cccs3)[C@H]2c2cccs2)nc(Cl)n1. The van der Waals surface area contributed by atoms with Crippen LogP contribution < -0.4 is 14.2 Å². The highest BCUT2D eigenvalue weighted by molar-refractivity contribution is 7.10. The van der Waals surface area contributed by atoms with Crippen molar-refractivity contribution in [2.75, 3.05) is 21.3 Å². The van der Waals surface area contributed by atoms with Crippen molar-refractivity contribution in [1.82, 2.24) is 79.7 Å². The number of benzene rings is 6. The van der Waals surface area contributed by atoms with Crippen LogP contribution in [0.5, 0.6) is 17.9 Å². The zero-order chi connectivity index (χ0) is 84.5. The first-order valence-electron chi connectivity index (χ1n) is 40.8. The van der Waals surface area contributed by atoms with E-state index in [2.05, 4.69) is 279 Å². The summed E-state index contributed by atoms with van der Waals surface area (Å²) in [6.07, 6.45) is 14.5. The van der Waals surface area contributed by atoms with Gasteiger partial charge in [-0.3, -0.25) is 15.0 Å². The lowest BCUT2D eigenvalue weighted by molar-refractivity contribution is 0.217. The Balaban J connectivity index is 0.000000116. The molecule has 4 fully saturated rings. The fourth-order valence-corrected chi connectivity index (χ4v) is 21.8. The normalized spacial score (nSPS) is 22.7. The van der Waals surface area contributed by atoms with Gasteiger partial charge in [0.05, 0.1) is 67.4 Å². The predicted molar refractivity (Wildman–Crippen MR) is 481 cm³/mol. The molecule has 24 heteroatoms. The molecule has 0 unspecified atom stereocenters. The number of aryl methyl sites for hydroxylation is 4. The van der Waals surface area contributed by atoms with Crippen LogP contribution in [0.3, 0.4) is 0 Å². The third kappa shape index (κ3) is 17.7. The van der Waals surface area contributed by atoms with Gasteiger partial charge in [-0.2, -0.15) is 9.97 Å². The molecule has 0 N–H and O–H groups in total. The van der Waals surface area contributed by atoms with Gasteiger partial charge < -0.3 is 14.2 Å². The van der Waals surface area contributed by atoms with Crippen molar-refractivity contribution in [1.29, 1.82) is 0 Å². The molecule has 4 saturated carbocycles. The smallest absolute Gasteiger partial charge is 0.316 e. The van der Waals surface area contributed by atoms with Crippen molar-refractivity contribution in [3.8, 4) is 17.9 Å². The van der Waals surface area contributed by atoms with Gasteiger partial charge in [0.15, 0.2) is 0 Å². The van der Waals surface area contributed by atoms with Crippen LogP contribution in [0, 0.1) is 27.7 Å². The zero-order valence-electron chi connectivity index (χ0n) is 68.4. The van der Waals surface area contributed by atoms with Crippen LogP contribution in [0.15, 0.2) is 303 Å². The molecule has 16 aromatic rings. The van der Waals surface area contributed by atoms with Crippen LogP contribution in [-0.2, 0) is 0 Å². The standard InChI is InChI=1S/3C26H24N4O.C21H15Cl3N4S2/c1-17-13-27-14-20(29-17)25-23(18-9-5-3-6-10-18)26(21-15-28-16-22(30-21)31-2)24(25)19-11-7-4-8-12-19;2*1-17-27-15-13-20(29-17)24-22(18-9-5-3-6-10-18)25(21-14-16-28-26(30-21)31-2)23(24)19-11-7-4-8-12-19;1-10-8-11(26-20(23)25-10)16-17(12-9-15(22)28-21(24)27-12)19(14-5-3-7-30-14)18(16)13-4-2-6-29-13/h3-16,23-26H,1-2H3;2*3-16,22-25H,1-2H3;2-9,16-19H,1H3/t23-,24-,25?,26?;2*22-,23-,24?,25?;16-,17+,18+,19-/m1111/s1. The lowest BCUT2D eigenvalue weighted by atomic mass is 9.50. The van der Waals surface area contributed by atoms with Gasteiger partial charge in [-0.05, 0) is 144 Å². The first-order valence-corrected chi connectivity index (χ1v) is 43.7. The van der Waals surface area contributed by atoms with Crippen molar-refractivity contribution in [3.05, 3.63) is 430 Å². The largest absolute Gasteiger partial charge is 0.480 e. The molecule has 123 heavy (non-hydrogen) atoms. The van der Waals surface area contributed by atoms with Gasteiger partial charge in [0.2, 0.25) is 16.4 Å². The van der Waals surface area contributed by atoms with E-state index >= 15 is 0 Å². The number of nitrogens with zero attached hydrogens (tertiary/aromatic N) is 16. The van der Waals surface area contributed by atoms with Crippen LogP contribution in [0.1, 0.15) is 206 Å². The molecule has 0 aliphatic heterocycles. The van der Waals surface area contributed by atoms with Crippen molar-refractivity contribution in [2.24, 2.45) is 0 Å². The van der Waals surface area contributed by atoms with E-state index in [1.165, 1.54) is 43.1 Å². The van der Waals surface area contributed by atoms with E-state index in [0.29, 0.717) is 23.1 Å². The second-order valence-corrected chi connectivity index (χ2v) is 34.1. The molecule has 0 amide bonds. The summed E-state index contributed by atoms with van der Waals surface area (Å²) in [4.78, 5) is 74.9. The molecule has 4 aliphatic carbocycles. The summed E-state index contributed by atoms with van der Waals surface area (Å²) in [5.74, 6) is 5.22. The van der Waals surface area contributed by atoms with E-state index in [4.69, 9.17) is 78.9 Å². The monoisotopic (exact) mass is 1720 g/mol. The van der Waals surface area contributed by atoms with Crippen LogP contribution in [0.2, 0.25) is 15.7 Å². The molecule has 10 heterocycles. The molecular formula is C99H87Cl3N16O3S2. The van der Waals surface area contributed by atoms with Crippen molar-refractivity contribution in [3.63, 3.8) is 0 Å². The molecule has 614 valence electrons. The Labute approximate surface area is 738 Å². The first kappa shape index (κ1) is 82.9. The van der Waals surface area contributed by atoms with E-state index in [1.807, 2.05) is 82.9 Å². The number of ether oxygens (including phenoxy) is 3. The summed E-state index contributed by atoms with van der Waals surface area (Å²) in [5, 5.41) is 4.97. The Kier molecular flexibility index (Phi) is 25.6. The van der Waals surface area contributed by atoms with Gasteiger partial charge in [-0.15, -0.1) is 22.7 Å². The molecule has 0 spiro atoms. The number of hydrogen-bond acceptors (Lipinski definition) is 21. The summed E-state index contributed by atoms with van der Waals surface area (Å²) in [6.45, 7) is 7.82. The molecular weight excluding hydrogens is 1630 g/mol. The van der Waals surface area contributed by atoms with Gasteiger partial charge in [0, 0.05) is 165 Å². The maximum absolute atomic E-state index is 6.25. The Morgan fingerprint density at radius 2 is 0.593 bits per heavy atom. The fraction of sp³-hybridized carbons (Fsp3) is 0.232. The molecule has 6 aromatic carbocycles. The average molecular weight is 1720 g/mol. The number of aromatic nitrogens is 16.